The van der Waals surface area contributed by atoms with Crippen LogP contribution in [0.4, 0.5) is 17.5 Å². The first-order chi connectivity index (χ1) is 13.9. The second-order valence-corrected chi connectivity index (χ2v) is 10.4. The zero-order valence-electron chi connectivity index (χ0n) is 15.6. The standard InChI is InChI=1S/C18H19ClN6O2S2/c1-13-4-5-20-15(10-13)23-16-11-17(22-12-21-16)24-6-8-25(9-7-24)29(26,27)18-3-2-14(19)28-18/h2-5,10-12H,6-9H2,1H3,(H,20,21,22,23). The lowest BCUT2D eigenvalue weighted by molar-refractivity contribution is 0.385. The number of rotatable bonds is 5. The third-order valence-electron chi connectivity index (χ3n) is 4.53. The molecule has 3 aromatic heterocycles. The van der Waals surface area contributed by atoms with Crippen molar-refractivity contribution < 1.29 is 8.42 Å². The zero-order chi connectivity index (χ0) is 20.4. The Bertz CT molecular complexity index is 1110. The van der Waals surface area contributed by atoms with Crippen LogP contribution in [-0.2, 0) is 10.0 Å². The summed E-state index contributed by atoms with van der Waals surface area (Å²) >= 11 is 6.97. The lowest BCUT2D eigenvalue weighted by Gasteiger charge is -2.34. The van der Waals surface area contributed by atoms with E-state index in [1.165, 1.54) is 10.6 Å². The SMILES string of the molecule is Cc1ccnc(Nc2cc(N3CCN(S(=O)(=O)c4ccc(Cl)s4)CC3)ncn2)c1. The van der Waals surface area contributed by atoms with Gasteiger partial charge in [-0.15, -0.1) is 11.3 Å². The molecule has 4 heterocycles. The Labute approximate surface area is 178 Å². The number of anilines is 3. The van der Waals surface area contributed by atoms with Crippen molar-refractivity contribution in [2.45, 2.75) is 11.1 Å². The average molecular weight is 451 g/mol. The number of halogens is 1. The van der Waals surface area contributed by atoms with Gasteiger partial charge in [0.25, 0.3) is 10.0 Å². The van der Waals surface area contributed by atoms with E-state index in [2.05, 4.69) is 20.3 Å². The number of aryl methyl sites for hydroxylation is 1. The Hall–Kier alpha value is -2.27. The second-order valence-electron chi connectivity index (χ2n) is 6.55. The van der Waals surface area contributed by atoms with Gasteiger partial charge in [-0.2, -0.15) is 4.31 Å². The first-order valence-corrected chi connectivity index (χ1v) is 11.6. The van der Waals surface area contributed by atoms with E-state index in [9.17, 15) is 8.42 Å². The summed E-state index contributed by atoms with van der Waals surface area (Å²) in [5.74, 6) is 2.09. The molecule has 0 aliphatic carbocycles. The van der Waals surface area contributed by atoms with Crippen molar-refractivity contribution in [3.63, 3.8) is 0 Å². The van der Waals surface area contributed by atoms with Crippen LogP contribution in [0.5, 0.6) is 0 Å². The summed E-state index contributed by atoms with van der Waals surface area (Å²) < 4.78 is 27.7. The number of hydrogen-bond donors (Lipinski definition) is 1. The number of nitrogens with zero attached hydrogens (tertiary/aromatic N) is 5. The first-order valence-electron chi connectivity index (χ1n) is 8.94. The van der Waals surface area contributed by atoms with Gasteiger partial charge in [0.2, 0.25) is 0 Å². The van der Waals surface area contributed by atoms with Crippen molar-refractivity contribution >= 4 is 50.4 Å². The van der Waals surface area contributed by atoms with E-state index in [0.29, 0.717) is 42.2 Å². The molecule has 29 heavy (non-hydrogen) atoms. The number of aromatic nitrogens is 3. The zero-order valence-corrected chi connectivity index (χ0v) is 18.0. The van der Waals surface area contributed by atoms with Gasteiger partial charge in [0.15, 0.2) is 0 Å². The number of nitrogens with one attached hydrogen (secondary N) is 1. The molecule has 152 valence electrons. The third-order valence-corrected chi connectivity index (χ3v) is 8.13. The van der Waals surface area contributed by atoms with Crippen LogP contribution < -0.4 is 10.2 Å². The normalized spacial score (nSPS) is 15.4. The Kier molecular flexibility index (Phi) is 5.68. The van der Waals surface area contributed by atoms with Gasteiger partial charge in [0.05, 0.1) is 4.34 Å². The van der Waals surface area contributed by atoms with Crippen molar-refractivity contribution in [2.24, 2.45) is 0 Å². The fraction of sp³-hybridized carbons (Fsp3) is 0.278. The van der Waals surface area contributed by atoms with Gasteiger partial charge in [-0.1, -0.05) is 11.6 Å². The topological polar surface area (TPSA) is 91.3 Å². The lowest BCUT2D eigenvalue weighted by Crippen LogP contribution is -2.48. The molecule has 1 aliphatic rings. The van der Waals surface area contributed by atoms with Crippen LogP contribution in [0.3, 0.4) is 0 Å². The van der Waals surface area contributed by atoms with Crippen LogP contribution in [-0.4, -0.2) is 53.9 Å². The minimum absolute atomic E-state index is 0.273. The van der Waals surface area contributed by atoms with E-state index in [1.807, 2.05) is 30.0 Å². The van der Waals surface area contributed by atoms with E-state index < -0.39 is 10.0 Å². The van der Waals surface area contributed by atoms with Gasteiger partial charge in [-0.3, -0.25) is 0 Å². The lowest BCUT2D eigenvalue weighted by atomic mass is 10.3. The van der Waals surface area contributed by atoms with E-state index >= 15 is 0 Å². The summed E-state index contributed by atoms with van der Waals surface area (Å²) in [6.07, 6.45) is 3.23. The van der Waals surface area contributed by atoms with Gasteiger partial charge in [-0.05, 0) is 36.8 Å². The molecule has 0 spiro atoms. The van der Waals surface area contributed by atoms with E-state index in [4.69, 9.17) is 11.6 Å². The van der Waals surface area contributed by atoms with Crippen molar-refractivity contribution in [2.75, 3.05) is 36.4 Å². The molecule has 1 aliphatic heterocycles. The molecule has 1 fully saturated rings. The highest BCUT2D eigenvalue weighted by Gasteiger charge is 2.30. The molecule has 0 unspecified atom stereocenters. The Morgan fingerprint density at radius 2 is 1.79 bits per heavy atom. The maximum absolute atomic E-state index is 12.7. The predicted molar refractivity (Wildman–Crippen MR) is 115 cm³/mol. The Balaban J connectivity index is 1.43. The number of sulfonamides is 1. The van der Waals surface area contributed by atoms with Gasteiger partial charge >= 0.3 is 0 Å². The van der Waals surface area contributed by atoms with Crippen molar-refractivity contribution in [3.8, 4) is 0 Å². The van der Waals surface area contributed by atoms with Gasteiger partial charge in [0, 0.05) is 38.4 Å². The van der Waals surface area contributed by atoms with E-state index in [1.54, 1.807) is 18.3 Å². The molecule has 4 rings (SSSR count). The van der Waals surface area contributed by atoms with Crippen LogP contribution in [0.1, 0.15) is 5.56 Å². The highest BCUT2D eigenvalue weighted by atomic mass is 35.5. The van der Waals surface area contributed by atoms with E-state index in [-0.39, 0.29) is 4.21 Å². The average Bonchev–Trinajstić information content (AvgIpc) is 3.16. The Morgan fingerprint density at radius 1 is 1.03 bits per heavy atom. The monoisotopic (exact) mass is 450 g/mol. The fourth-order valence-electron chi connectivity index (χ4n) is 3.05. The first kappa shape index (κ1) is 20.0. The maximum atomic E-state index is 12.7. The van der Waals surface area contributed by atoms with Crippen LogP contribution in [0.2, 0.25) is 4.34 Å². The summed E-state index contributed by atoms with van der Waals surface area (Å²) in [5, 5.41) is 3.17. The molecule has 0 saturated carbocycles. The predicted octanol–water partition coefficient (Wildman–Crippen LogP) is 3.15. The second kappa shape index (κ2) is 8.23. The number of hydrogen-bond acceptors (Lipinski definition) is 8. The van der Waals surface area contributed by atoms with Crippen LogP contribution >= 0.6 is 22.9 Å². The summed E-state index contributed by atoms with van der Waals surface area (Å²) in [4.78, 5) is 14.9. The van der Waals surface area contributed by atoms with Crippen molar-refractivity contribution in [3.05, 3.63) is 52.8 Å². The number of thiophene rings is 1. The number of pyridine rings is 1. The molecule has 1 saturated heterocycles. The van der Waals surface area contributed by atoms with Crippen LogP contribution in [0.25, 0.3) is 0 Å². The van der Waals surface area contributed by atoms with Crippen molar-refractivity contribution in [1.29, 1.82) is 0 Å². The fourth-order valence-corrected chi connectivity index (χ4v) is 6.10. The van der Waals surface area contributed by atoms with Gasteiger partial charge < -0.3 is 10.2 Å². The highest BCUT2D eigenvalue weighted by Crippen LogP contribution is 2.29. The Morgan fingerprint density at radius 3 is 2.48 bits per heavy atom. The molecule has 1 N–H and O–H groups in total. The molecular formula is C18H19ClN6O2S2. The number of piperazine rings is 1. The van der Waals surface area contributed by atoms with Gasteiger partial charge in [0.1, 0.15) is 28.0 Å². The minimum Gasteiger partial charge on any atom is -0.354 e. The summed E-state index contributed by atoms with van der Waals surface area (Å²) in [6, 6.07) is 8.86. The van der Waals surface area contributed by atoms with E-state index in [0.717, 1.165) is 22.7 Å². The minimum atomic E-state index is -3.51. The largest absolute Gasteiger partial charge is 0.354 e. The molecule has 0 amide bonds. The summed E-state index contributed by atoms with van der Waals surface area (Å²) in [7, 11) is -3.51. The van der Waals surface area contributed by atoms with Crippen LogP contribution in [0, 0.1) is 6.92 Å². The third kappa shape index (κ3) is 4.50. The summed E-state index contributed by atoms with van der Waals surface area (Å²) in [5.41, 5.74) is 1.10. The molecule has 8 nitrogen and oxygen atoms in total. The maximum Gasteiger partial charge on any atom is 0.252 e. The molecule has 0 aromatic carbocycles. The summed E-state index contributed by atoms with van der Waals surface area (Å²) in [6.45, 7) is 3.83. The smallest absolute Gasteiger partial charge is 0.252 e. The molecule has 0 atom stereocenters. The molecular weight excluding hydrogens is 432 g/mol. The molecule has 0 bridgehead atoms. The van der Waals surface area contributed by atoms with Gasteiger partial charge in [-0.25, -0.2) is 23.4 Å². The molecule has 0 radical (unpaired) electrons. The highest BCUT2D eigenvalue weighted by molar-refractivity contribution is 7.91. The quantitative estimate of drug-likeness (QED) is 0.638. The van der Waals surface area contributed by atoms with Crippen LogP contribution in [0.15, 0.2) is 47.1 Å². The molecule has 11 heteroatoms. The molecule has 3 aromatic rings. The van der Waals surface area contributed by atoms with Crippen molar-refractivity contribution in [1.82, 2.24) is 19.3 Å².